The predicted octanol–water partition coefficient (Wildman–Crippen LogP) is 2.43. The first-order valence-corrected chi connectivity index (χ1v) is 12.8. The van der Waals surface area contributed by atoms with Crippen LogP contribution in [0.25, 0.3) is 10.9 Å². The molecular formula is C27H36N4O6. The molecule has 2 aliphatic rings. The van der Waals surface area contributed by atoms with Gasteiger partial charge in [-0.3, -0.25) is 14.4 Å². The van der Waals surface area contributed by atoms with Crippen LogP contribution in [0.15, 0.2) is 24.3 Å². The number of fused-ring (bicyclic) bond motifs is 1. The maximum absolute atomic E-state index is 13.3. The lowest BCUT2D eigenvalue weighted by atomic mass is 9.83. The standard InChI is InChI=1S/C27H36N4O6/c1-27(2)11-10-16(23(32)31-27)13-21(26(35)37-4)30-24(33)19(12-15-8-9-15)29-25(34)20-14-17-18(28-20)6-5-7-22(17)36-3/h5-7,14-16,19,21,28H,8-13H2,1-4H3,(H,29,34)(H,30,33)(H,31,32). The summed E-state index contributed by atoms with van der Waals surface area (Å²) in [6, 6.07) is 5.33. The first-order valence-electron chi connectivity index (χ1n) is 12.8. The van der Waals surface area contributed by atoms with E-state index in [4.69, 9.17) is 9.47 Å². The predicted molar refractivity (Wildman–Crippen MR) is 137 cm³/mol. The van der Waals surface area contributed by atoms with Crippen molar-refractivity contribution >= 4 is 34.6 Å². The fraction of sp³-hybridized carbons (Fsp3) is 0.556. The maximum atomic E-state index is 13.3. The number of hydrogen-bond acceptors (Lipinski definition) is 6. The van der Waals surface area contributed by atoms with Gasteiger partial charge in [-0.2, -0.15) is 0 Å². The lowest BCUT2D eigenvalue weighted by Crippen LogP contribution is -2.55. The van der Waals surface area contributed by atoms with Gasteiger partial charge in [-0.15, -0.1) is 0 Å². The molecule has 1 aromatic carbocycles. The summed E-state index contributed by atoms with van der Waals surface area (Å²) in [5, 5.41) is 9.32. The van der Waals surface area contributed by atoms with E-state index in [1.165, 1.54) is 7.11 Å². The van der Waals surface area contributed by atoms with Crippen molar-refractivity contribution in [3.8, 4) is 5.75 Å². The second-order valence-corrected chi connectivity index (χ2v) is 10.7. The summed E-state index contributed by atoms with van der Waals surface area (Å²) in [4.78, 5) is 54.7. The smallest absolute Gasteiger partial charge is 0.328 e. The Bertz CT molecular complexity index is 1180. The number of esters is 1. The highest BCUT2D eigenvalue weighted by Gasteiger charge is 2.38. The van der Waals surface area contributed by atoms with E-state index in [9.17, 15) is 19.2 Å². The molecule has 1 saturated carbocycles. The number of carbonyl (C=O) groups is 4. The van der Waals surface area contributed by atoms with Gasteiger partial charge in [0.05, 0.1) is 14.2 Å². The van der Waals surface area contributed by atoms with Crippen LogP contribution in [0.1, 0.15) is 62.9 Å². The van der Waals surface area contributed by atoms with Crippen molar-refractivity contribution in [1.29, 1.82) is 0 Å². The zero-order valence-electron chi connectivity index (χ0n) is 21.8. The molecule has 37 heavy (non-hydrogen) atoms. The van der Waals surface area contributed by atoms with Crippen molar-refractivity contribution < 1.29 is 28.7 Å². The number of rotatable bonds is 10. The molecule has 10 heteroatoms. The van der Waals surface area contributed by atoms with Crippen LogP contribution in [-0.2, 0) is 19.1 Å². The van der Waals surface area contributed by atoms with Crippen LogP contribution in [0.2, 0.25) is 0 Å². The van der Waals surface area contributed by atoms with Crippen LogP contribution in [-0.4, -0.2) is 60.5 Å². The quantitative estimate of drug-likeness (QED) is 0.361. The van der Waals surface area contributed by atoms with Crippen molar-refractivity contribution in [2.45, 2.75) is 70.0 Å². The summed E-state index contributed by atoms with van der Waals surface area (Å²) in [7, 11) is 2.81. The van der Waals surface area contributed by atoms with E-state index in [1.807, 2.05) is 32.0 Å². The Hall–Kier alpha value is -3.56. The molecule has 1 aliphatic carbocycles. The van der Waals surface area contributed by atoms with E-state index in [0.29, 0.717) is 30.2 Å². The fourth-order valence-electron chi connectivity index (χ4n) is 4.88. The van der Waals surface area contributed by atoms with Crippen LogP contribution in [0.3, 0.4) is 0 Å². The molecule has 3 unspecified atom stereocenters. The molecular weight excluding hydrogens is 476 g/mol. The third-order valence-electron chi connectivity index (χ3n) is 7.25. The lowest BCUT2D eigenvalue weighted by Gasteiger charge is -2.36. The lowest BCUT2D eigenvalue weighted by molar-refractivity contribution is -0.146. The van der Waals surface area contributed by atoms with E-state index in [-0.39, 0.29) is 17.9 Å². The van der Waals surface area contributed by atoms with Gasteiger partial charge >= 0.3 is 5.97 Å². The second kappa shape index (κ2) is 10.8. The van der Waals surface area contributed by atoms with Crippen LogP contribution in [0, 0.1) is 11.8 Å². The number of ether oxygens (including phenoxy) is 2. The fourth-order valence-corrected chi connectivity index (χ4v) is 4.88. The van der Waals surface area contributed by atoms with Gasteiger partial charge in [0.2, 0.25) is 11.8 Å². The summed E-state index contributed by atoms with van der Waals surface area (Å²) in [6.45, 7) is 3.91. The molecule has 2 aromatic rings. The number of nitrogens with one attached hydrogen (secondary N) is 4. The minimum absolute atomic E-state index is 0.131. The first kappa shape index (κ1) is 26.5. The largest absolute Gasteiger partial charge is 0.496 e. The monoisotopic (exact) mass is 512 g/mol. The highest BCUT2D eigenvalue weighted by Crippen LogP contribution is 2.34. The zero-order chi connectivity index (χ0) is 26.7. The van der Waals surface area contributed by atoms with E-state index in [1.54, 1.807) is 13.2 Å². The molecule has 4 N–H and O–H groups in total. The average Bonchev–Trinajstić information content (AvgIpc) is 3.57. The molecule has 4 rings (SSSR count). The summed E-state index contributed by atoms with van der Waals surface area (Å²) < 4.78 is 10.3. The van der Waals surface area contributed by atoms with Gasteiger partial charge in [-0.25, -0.2) is 4.79 Å². The third-order valence-corrected chi connectivity index (χ3v) is 7.25. The number of aromatic nitrogens is 1. The van der Waals surface area contributed by atoms with Crippen molar-refractivity contribution in [2.75, 3.05) is 14.2 Å². The van der Waals surface area contributed by atoms with Gasteiger partial charge in [0.15, 0.2) is 0 Å². The molecule has 1 saturated heterocycles. The van der Waals surface area contributed by atoms with Gasteiger partial charge in [-0.05, 0) is 63.6 Å². The van der Waals surface area contributed by atoms with Gasteiger partial charge in [-0.1, -0.05) is 18.9 Å². The van der Waals surface area contributed by atoms with Gasteiger partial charge in [0.25, 0.3) is 5.91 Å². The van der Waals surface area contributed by atoms with E-state index in [2.05, 4.69) is 20.9 Å². The Balaban J connectivity index is 1.46. The van der Waals surface area contributed by atoms with E-state index >= 15 is 0 Å². The number of methoxy groups -OCH3 is 2. The Labute approximate surface area is 216 Å². The van der Waals surface area contributed by atoms with Crippen LogP contribution >= 0.6 is 0 Å². The molecule has 0 bridgehead atoms. The third kappa shape index (κ3) is 6.42. The molecule has 0 radical (unpaired) electrons. The molecule has 200 valence electrons. The second-order valence-electron chi connectivity index (χ2n) is 10.7. The Morgan fingerprint density at radius 2 is 1.84 bits per heavy atom. The van der Waals surface area contributed by atoms with Gasteiger partial charge in [0.1, 0.15) is 23.5 Å². The molecule has 3 atom stereocenters. The summed E-state index contributed by atoms with van der Waals surface area (Å²) in [6.07, 6.45) is 3.94. The summed E-state index contributed by atoms with van der Waals surface area (Å²) in [5.41, 5.74) is 0.746. The minimum Gasteiger partial charge on any atom is -0.496 e. The summed E-state index contributed by atoms with van der Waals surface area (Å²) in [5.74, 6) is -1.11. The van der Waals surface area contributed by atoms with Gasteiger partial charge in [0, 0.05) is 22.4 Å². The van der Waals surface area contributed by atoms with Crippen molar-refractivity contribution in [2.24, 2.45) is 11.8 Å². The van der Waals surface area contributed by atoms with Crippen molar-refractivity contribution in [1.82, 2.24) is 20.9 Å². The van der Waals surface area contributed by atoms with Gasteiger partial charge < -0.3 is 30.4 Å². The van der Waals surface area contributed by atoms with Crippen LogP contribution in [0.4, 0.5) is 0 Å². The highest BCUT2D eigenvalue weighted by atomic mass is 16.5. The molecule has 3 amide bonds. The van der Waals surface area contributed by atoms with E-state index in [0.717, 1.165) is 30.2 Å². The molecule has 2 fully saturated rings. The molecule has 1 aliphatic heterocycles. The Morgan fingerprint density at radius 1 is 1.08 bits per heavy atom. The number of carbonyl (C=O) groups excluding carboxylic acids is 4. The Morgan fingerprint density at radius 3 is 2.49 bits per heavy atom. The molecule has 1 aromatic heterocycles. The zero-order valence-corrected chi connectivity index (χ0v) is 21.8. The minimum atomic E-state index is -0.995. The Kier molecular flexibility index (Phi) is 7.75. The van der Waals surface area contributed by atoms with Crippen LogP contribution < -0.4 is 20.7 Å². The summed E-state index contributed by atoms with van der Waals surface area (Å²) >= 11 is 0. The number of piperidine rings is 1. The topological polar surface area (TPSA) is 139 Å². The normalized spacial score (nSPS) is 20.4. The average molecular weight is 513 g/mol. The first-order chi connectivity index (χ1) is 17.6. The maximum Gasteiger partial charge on any atom is 0.328 e. The molecule has 2 heterocycles. The van der Waals surface area contributed by atoms with Crippen LogP contribution in [0.5, 0.6) is 5.75 Å². The number of H-pyrrole nitrogens is 1. The number of hydrogen-bond donors (Lipinski definition) is 4. The number of aromatic amines is 1. The van der Waals surface area contributed by atoms with Crippen molar-refractivity contribution in [3.05, 3.63) is 30.0 Å². The SMILES string of the molecule is COC(=O)C(CC1CCC(C)(C)NC1=O)NC(=O)C(CC1CC1)NC(=O)c1cc2c(OC)cccc2[nH]1. The van der Waals surface area contributed by atoms with E-state index < -0.39 is 35.8 Å². The number of benzene rings is 1. The number of amides is 3. The molecule has 0 spiro atoms. The highest BCUT2D eigenvalue weighted by molar-refractivity contribution is 6.01. The molecule has 10 nitrogen and oxygen atoms in total. The van der Waals surface area contributed by atoms with Crippen molar-refractivity contribution in [3.63, 3.8) is 0 Å².